The molecule has 1 aromatic heterocycles. The molecule has 2 N–H and O–H groups in total. The number of amides is 1. The van der Waals surface area contributed by atoms with E-state index >= 15 is 0 Å². The van der Waals surface area contributed by atoms with Crippen molar-refractivity contribution in [2.75, 3.05) is 5.32 Å². The van der Waals surface area contributed by atoms with Crippen LogP contribution in [0.15, 0.2) is 63.8 Å². The molecule has 3 rings (SSSR count). The van der Waals surface area contributed by atoms with Crippen LogP contribution in [0.4, 0.5) is 5.69 Å². The minimum atomic E-state index is -0.721. The van der Waals surface area contributed by atoms with Crippen molar-refractivity contribution in [3.63, 3.8) is 0 Å². The van der Waals surface area contributed by atoms with Crippen molar-refractivity contribution in [2.45, 2.75) is 0 Å². The number of nitrogens with one attached hydrogen (secondary N) is 1. The Morgan fingerprint density at radius 2 is 1.81 bits per heavy atom. The lowest BCUT2D eigenvalue weighted by Gasteiger charge is -2.05. The van der Waals surface area contributed by atoms with Crippen molar-refractivity contribution < 1.29 is 14.3 Å². The summed E-state index contributed by atoms with van der Waals surface area (Å²) in [5.74, 6) is -0.522. The lowest BCUT2D eigenvalue weighted by molar-refractivity contribution is 0.102. The third kappa shape index (κ3) is 2.62. The predicted octanol–water partition coefficient (Wildman–Crippen LogP) is 2.75. The lowest BCUT2D eigenvalue weighted by Crippen LogP contribution is -2.20. The van der Waals surface area contributed by atoms with Gasteiger partial charge in [-0.1, -0.05) is 18.2 Å². The molecule has 0 radical (unpaired) electrons. The molecule has 5 nitrogen and oxygen atoms in total. The summed E-state index contributed by atoms with van der Waals surface area (Å²) in [6.45, 7) is 0. The second-order valence-corrected chi connectivity index (χ2v) is 4.49. The Hall–Kier alpha value is -3.08. The van der Waals surface area contributed by atoms with Crippen LogP contribution in [0, 0.1) is 0 Å². The Labute approximate surface area is 119 Å². The zero-order valence-electron chi connectivity index (χ0n) is 10.9. The number of hydrogen-bond donors (Lipinski definition) is 2. The molecule has 0 aliphatic rings. The van der Waals surface area contributed by atoms with Gasteiger partial charge < -0.3 is 14.8 Å². The maximum absolute atomic E-state index is 12.1. The highest BCUT2D eigenvalue weighted by Gasteiger charge is 2.14. The van der Waals surface area contributed by atoms with Gasteiger partial charge in [-0.3, -0.25) is 4.79 Å². The van der Waals surface area contributed by atoms with Gasteiger partial charge in [0.2, 0.25) is 0 Å². The van der Waals surface area contributed by atoms with E-state index in [1.54, 1.807) is 24.3 Å². The van der Waals surface area contributed by atoms with E-state index in [1.165, 1.54) is 24.3 Å². The van der Waals surface area contributed by atoms with Crippen LogP contribution in [0.2, 0.25) is 0 Å². The molecular weight excluding hydrogens is 270 g/mol. The van der Waals surface area contributed by atoms with Gasteiger partial charge in [0.05, 0.1) is 0 Å². The van der Waals surface area contributed by atoms with Gasteiger partial charge in [0.1, 0.15) is 16.9 Å². The molecule has 2 aromatic carbocycles. The van der Waals surface area contributed by atoms with Crippen LogP contribution in [0.25, 0.3) is 11.0 Å². The number of carbonyl (C=O) groups is 1. The van der Waals surface area contributed by atoms with Gasteiger partial charge in [0.15, 0.2) is 0 Å². The van der Waals surface area contributed by atoms with Gasteiger partial charge in [0, 0.05) is 11.1 Å². The minimum absolute atomic E-state index is 0.0331. The molecule has 0 saturated heterocycles. The number of aromatic hydroxyl groups is 1. The number of benzene rings is 2. The Kier molecular flexibility index (Phi) is 3.16. The molecule has 0 aliphatic heterocycles. The molecule has 1 amide bonds. The third-order valence-electron chi connectivity index (χ3n) is 2.99. The number of fused-ring (bicyclic) bond motifs is 1. The Bertz CT molecular complexity index is 868. The molecule has 21 heavy (non-hydrogen) atoms. The van der Waals surface area contributed by atoms with Crippen LogP contribution < -0.4 is 10.9 Å². The molecule has 5 heteroatoms. The summed E-state index contributed by atoms with van der Waals surface area (Å²) >= 11 is 0. The topological polar surface area (TPSA) is 79.5 Å². The first-order valence-electron chi connectivity index (χ1n) is 6.27. The monoisotopic (exact) mass is 281 g/mol. The smallest absolute Gasteiger partial charge is 0.349 e. The van der Waals surface area contributed by atoms with Crippen molar-refractivity contribution in [3.05, 3.63) is 70.6 Å². The highest BCUT2D eigenvalue weighted by molar-refractivity contribution is 6.05. The molecule has 104 valence electrons. The fourth-order valence-electron chi connectivity index (χ4n) is 1.99. The van der Waals surface area contributed by atoms with E-state index in [2.05, 4.69) is 5.32 Å². The van der Waals surface area contributed by atoms with E-state index in [0.29, 0.717) is 16.7 Å². The predicted molar refractivity (Wildman–Crippen MR) is 78.5 cm³/mol. The average molecular weight is 281 g/mol. The molecule has 0 bridgehead atoms. The summed E-state index contributed by atoms with van der Waals surface area (Å²) in [6, 6.07) is 14.5. The molecule has 0 fully saturated rings. The summed E-state index contributed by atoms with van der Waals surface area (Å²) in [5.41, 5.74) is 0.0607. The quantitative estimate of drug-likeness (QED) is 0.708. The van der Waals surface area contributed by atoms with Gasteiger partial charge in [-0.05, 0) is 36.4 Å². The molecule has 3 aromatic rings. The molecule has 0 unspecified atom stereocenters. The van der Waals surface area contributed by atoms with Crippen molar-refractivity contribution in [3.8, 4) is 5.75 Å². The summed E-state index contributed by atoms with van der Waals surface area (Å²) in [6.07, 6.45) is 0. The molecule has 0 saturated carbocycles. The molecule has 0 atom stereocenters. The SMILES string of the molecule is O=C(Nc1ccccc1)c1cc2cc(O)ccc2oc1=O. The number of carbonyl (C=O) groups excluding carboxylic acids is 1. The van der Waals surface area contributed by atoms with Crippen LogP contribution in [0.3, 0.4) is 0 Å². The van der Waals surface area contributed by atoms with E-state index in [4.69, 9.17) is 4.42 Å². The standard InChI is InChI=1S/C16H11NO4/c18-12-6-7-14-10(8-12)9-13(16(20)21-14)15(19)17-11-4-2-1-3-5-11/h1-9,18H,(H,17,19). The van der Waals surface area contributed by atoms with Gasteiger partial charge >= 0.3 is 5.63 Å². The van der Waals surface area contributed by atoms with Crippen LogP contribution in [0.1, 0.15) is 10.4 Å². The van der Waals surface area contributed by atoms with E-state index in [9.17, 15) is 14.7 Å². The number of anilines is 1. The number of phenolic OH excluding ortho intramolecular Hbond substituents is 1. The van der Waals surface area contributed by atoms with Crippen molar-refractivity contribution >= 4 is 22.6 Å². The van der Waals surface area contributed by atoms with E-state index in [0.717, 1.165) is 0 Å². The van der Waals surface area contributed by atoms with Crippen LogP contribution in [-0.2, 0) is 0 Å². The maximum Gasteiger partial charge on any atom is 0.349 e. The fraction of sp³-hybridized carbons (Fsp3) is 0. The zero-order chi connectivity index (χ0) is 14.8. The number of rotatable bonds is 2. The van der Waals surface area contributed by atoms with Crippen LogP contribution >= 0.6 is 0 Å². The minimum Gasteiger partial charge on any atom is -0.508 e. The Morgan fingerprint density at radius 3 is 2.57 bits per heavy atom. The maximum atomic E-state index is 12.1. The van der Waals surface area contributed by atoms with Crippen molar-refractivity contribution in [1.82, 2.24) is 0 Å². The number of hydrogen-bond acceptors (Lipinski definition) is 4. The molecule has 1 heterocycles. The highest BCUT2D eigenvalue weighted by Crippen LogP contribution is 2.19. The summed E-state index contributed by atoms with van der Waals surface area (Å²) in [4.78, 5) is 24.0. The van der Waals surface area contributed by atoms with Gasteiger partial charge in [-0.2, -0.15) is 0 Å². The second kappa shape index (κ2) is 5.13. The fourth-order valence-corrected chi connectivity index (χ4v) is 1.99. The van der Waals surface area contributed by atoms with E-state index in [-0.39, 0.29) is 11.3 Å². The number of para-hydroxylation sites is 1. The van der Waals surface area contributed by atoms with Gasteiger partial charge in [-0.25, -0.2) is 4.79 Å². The Morgan fingerprint density at radius 1 is 1.05 bits per heavy atom. The zero-order valence-corrected chi connectivity index (χ0v) is 10.9. The van der Waals surface area contributed by atoms with Crippen molar-refractivity contribution in [1.29, 1.82) is 0 Å². The molecular formula is C16H11NO4. The van der Waals surface area contributed by atoms with Crippen LogP contribution in [0.5, 0.6) is 5.75 Å². The van der Waals surface area contributed by atoms with Crippen LogP contribution in [-0.4, -0.2) is 11.0 Å². The number of phenols is 1. The molecule has 0 aliphatic carbocycles. The third-order valence-corrected chi connectivity index (χ3v) is 2.99. The van der Waals surface area contributed by atoms with Crippen molar-refractivity contribution in [2.24, 2.45) is 0 Å². The highest BCUT2D eigenvalue weighted by atomic mass is 16.4. The van der Waals surface area contributed by atoms with Gasteiger partial charge in [-0.15, -0.1) is 0 Å². The van der Waals surface area contributed by atoms with Gasteiger partial charge in [0.25, 0.3) is 5.91 Å². The first-order chi connectivity index (χ1) is 10.1. The summed E-state index contributed by atoms with van der Waals surface area (Å²) in [5, 5.41) is 12.5. The largest absolute Gasteiger partial charge is 0.508 e. The first kappa shape index (κ1) is 12.9. The Balaban J connectivity index is 2.01. The second-order valence-electron chi connectivity index (χ2n) is 4.49. The van der Waals surface area contributed by atoms with E-state index < -0.39 is 11.5 Å². The first-order valence-corrected chi connectivity index (χ1v) is 6.27. The summed E-state index contributed by atoms with van der Waals surface area (Å²) in [7, 11) is 0. The lowest BCUT2D eigenvalue weighted by atomic mass is 10.1. The average Bonchev–Trinajstić information content (AvgIpc) is 2.48. The van der Waals surface area contributed by atoms with E-state index in [1.807, 2.05) is 6.07 Å². The normalized spacial score (nSPS) is 10.5. The summed E-state index contributed by atoms with van der Waals surface area (Å²) < 4.78 is 5.08. The molecule has 0 spiro atoms.